The molecular weight excluding hydrogens is 496 g/mol. The topological polar surface area (TPSA) is 34.1 Å². The molecule has 2 aromatic carbocycles. The molecule has 0 radical (unpaired) electrons. The Bertz CT molecular complexity index is 1120. The minimum absolute atomic E-state index is 0.278. The number of sulfone groups is 1. The molecule has 2 rings (SSSR count). The van der Waals surface area contributed by atoms with E-state index in [1.807, 2.05) is 48.6 Å². The summed E-state index contributed by atoms with van der Waals surface area (Å²) < 4.78 is 30.1. The van der Waals surface area contributed by atoms with Gasteiger partial charge in [0, 0.05) is 0 Å². The van der Waals surface area contributed by atoms with Crippen molar-refractivity contribution in [2.24, 2.45) is 0 Å². The highest BCUT2D eigenvalue weighted by Gasteiger charge is 2.36. The summed E-state index contributed by atoms with van der Waals surface area (Å²) in [5.41, 5.74) is 2.85. The van der Waals surface area contributed by atoms with Crippen molar-refractivity contribution >= 4 is 22.0 Å². The van der Waals surface area contributed by atoms with Crippen LogP contribution in [0.4, 0.5) is 0 Å². The number of hydrogen-bond acceptors (Lipinski definition) is 2. The summed E-state index contributed by atoms with van der Waals surface area (Å²) in [5.74, 6) is 0. The summed E-state index contributed by atoms with van der Waals surface area (Å²) in [7, 11) is -3.85. The largest absolute Gasteiger partial charge is 0.218 e. The van der Waals surface area contributed by atoms with Gasteiger partial charge in [0.1, 0.15) is 0 Å². The van der Waals surface area contributed by atoms with E-state index in [1.165, 1.54) is 25.7 Å². The molecule has 0 N–H and O–H groups in total. The number of unbranched alkanes of at least 4 members (excludes halogenated alkanes) is 6. The first-order valence-corrected chi connectivity index (χ1v) is 16.8. The van der Waals surface area contributed by atoms with E-state index in [0.717, 1.165) is 60.8 Å². The summed E-state index contributed by atoms with van der Waals surface area (Å²) in [6, 6.07) is 12.1. The fourth-order valence-electron chi connectivity index (χ4n) is 4.97. The van der Waals surface area contributed by atoms with Crippen molar-refractivity contribution < 1.29 is 8.42 Å². The van der Waals surface area contributed by atoms with Crippen molar-refractivity contribution in [3.05, 3.63) is 70.8 Å². The lowest BCUT2D eigenvalue weighted by atomic mass is 9.81. The molecule has 0 heterocycles. The van der Waals surface area contributed by atoms with Gasteiger partial charge in [0.25, 0.3) is 0 Å². The second kappa shape index (κ2) is 15.0. The molecule has 0 fully saturated rings. The molecule has 0 aliphatic rings. The molecule has 0 unspecified atom stereocenters. The minimum Gasteiger partial charge on any atom is -0.218 e. The normalized spacial score (nSPS) is 13.1. The molecular formula is C36H54O2S. The predicted octanol–water partition coefficient (Wildman–Crippen LogP) is 11.1. The first-order valence-electron chi connectivity index (χ1n) is 15.3. The number of benzene rings is 2. The standard InChI is InChI=1S/C36H54O2S/c1-9-13-15-17-19-23-29-25-21-27-31(35(5,6)11-3)33(29)39(37,38)34-30(24-20-18-16-14-10-2)26-22-28-32(34)36(7,8)12-4/h19-28H,9-18H2,1-8H3. The van der Waals surface area contributed by atoms with Crippen molar-refractivity contribution in [1.82, 2.24) is 0 Å². The summed E-state index contributed by atoms with van der Waals surface area (Å²) in [4.78, 5) is 0.951. The quantitative estimate of drug-likeness (QED) is 0.195. The van der Waals surface area contributed by atoms with E-state index < -0.39 is 9.84 Å². The monoisotopic (exact) mass is 550 g/mol. The van der Waals surface area contributed by atoms with Crippen molar-refractivity contribution in [2.45, 2.75) is 140 Å². The van der Waals surface area contributed by atoms with E-state index in [2.05, 4.69) is 67.5 Å². The van der Waals surface area contributed by atoms with E-state index in [1.54, 1.807) is 0 Å². The zero-order valence-electron chi connectivity index (χ0n) is 26.1. The van der Waals surface area contributed by atoms with Crippen LogP contribution in [0.1, 0.15) is 142 Å². The van der Waals surface area contributed by atoms with Crippen LogP contribution < -0.4 is 0 Å². The summed E-state index contributed by atoms with van der Waals surface area (Å²) >= 11 is 0. The van der Waals surface area contributed by atoms with Crippen LogP contribution >= 0.6 is 0 Å². The number of rotatable bonds is 16. The summed E-state index contributed by atoms with van der Waals surface area (Å²) in [6.07, 6.45) is 19.0. The van der Waals surface area contributed by atoms with Gasteiger partial charge in [0.15, 0.2) is 0 Å². The lowest BCUT2D eigenvalue weighted by molar-refractivity contribution is 0.487. The first-order chi connectivity index (χ1) is 18.5. The highest BCUT2D eigenvalue weighted by molar-refractivity contribution is 7.91. The van der Waals surface area contributed by atoms with Gasteiger partial charge in [-0.2, -0.15) is 0 Å². The number of allylic oxidation sites excluding steroid dienone is 2. The van der Waals surface area contributed by atoms with Crippen LogP contribution in [0, 0.1) is 0 Å². The van der Waals surface area contributed by atoms with Crippen molar-refractivity contribution in [1.29, 1.82) is 0 Å². The van der Waals surface area contributed by atoms with Crippen LogP contribution in [-0.2, 0) is 20.7 Å². The molecule has 2 nitrogen and oxygen atoms in total. The van der Waals surface area contributed by atoms with Gasteiger partial charge in [-0.25, -0.2) is 8.42 Å². The van der Waals surface area contributed by atoms with Gasteiger partial charge >= 0.3 is 0 Å². The Morgan fingerprint density at radius 1 is 0.615 bits per heavy atom. The minimum atomic E-state index is -3.85. The second-order valence-corrected chi connectivity index (χ2v) is 14.0. The molecule has 0 atom stereocenters. The summed E-state index contributed by atoms with van der Waals surface area (Å²) in [6.45, 7) is 17.3. The maximum Gasteiger partial charge on any atom is 0.208 e. The van der Waals surface area contributed by atoms with Crippen LogP contribution in [0.25, 0.3) is 12.2 Å². The maximum absolute atomic E-state index is 15.0. The fraction of sp³-hybridized carbons (Fsp3) is 0.556. The first kappa shape index (κ1) is 33.1. The molecule has 0 saturated heterocycles. The van der Waals surface area contributed by atoms with E-state index in [4.69, 9.17) is 0 Å². The number of hydrogen-bond donors (Lipinski definition) is 0. The van der Waals surface area contributed by atoms with Crippen LogP contribution in [0.5, 0.6) is 0 Å². The van der Waals surface area contributed by atoms with Gasteiger partial charge in [-0.3, -0.25) is 0 Å². The van der Waals surface area contributed by atoms with Gasteiger partial charge in [0.05, 0.1) is 9.79 Å². The third-order valence-electron chi connectivity index (χ3n) is 8.40. The molecule has 0 aliphatic carbocycles. The fourth-order valence-corrected chi connectivity index (χ4v) is 7.33. The van der Waals surface area contributed by atoms with Gasteiger partial charge in [0.2, 0.25) is 9.84 Å². The van der Waals surface area contributed by atoms with Crippen LogP contribution in [0.2, 0.25) is 0 Å². The molecule has 216 valence electrons. The van der Waals surface area contributed by atoms with E-state index >= 15 is 8.42 Å². The van der Waals surface area contributed by atoms with Crippen LogP contribution in [0.3, 0.4) is 0 Å². The molecule has 2 aromatic rings. The Kier molecular flexibility index (Phi) is 12.7. The predicted molar refractivity (Wildman–Crippen MR) is 171 cm³/mol. The lowest BCUT2D eigenvalue weighted by Gasteiger charge is -2.30. The second-order valence-electron chi connectivity index (χ2n) is 12.2. The van der Waals surface area contributed by atoms with Crippen molar-refractivity contribution in [2.75, 3.05) is 0 Å². The lowest BCUT2D eigenvalue weighted by Crippen LogP contribution is -2.24. The van der Waals surface area contributed by atoms with E-state index in [0.29, 0.717) is 9.79 Å². The molecule has 0 saturated carbocycles. The Balaban J connectivity index is 2.87. The highest BCUT2D eigenvalue weighted by atomic mass is 32.2. The molecule has 3 heteroatoms. The maximum atomic E-state index is 15.0. The zero-order chi connectivity index (χ0) is 29.1. The molecule has 0 amide bonds. The molecule has 39 heavy (non-hydrogen) atoms. The summed E-state index contributed by atoms with van der Waals surface area (Å²) in [5, 5.41) is 0. The highest BCUT2D eigenvalue weighted by Crippen LogP contribution is 2.42. The SMILES string of the molecule is CCCCCC=Cc1cccc(C(C)(C)CC)c1S(=O)(=O)c1c(C=CCCCCC)cccc1C(C)(C)CC. The van der Waals surface area contributed by atoms with Crippen LogP contribution in [-0.4, -0.2) is 8.42 Å². The van der Waals surface area contributed by atoms with Crippen molar-refractivity contribution in [3.63, 3.8) is 0 Å². The van der Waals surface area contributed by atoms with Crippen LogP contribution in [0.15, 0.2) is 58.3 Å². The van der Waals surface area contributed by atoms with Gasteiger partial charge in [-0.15, -0.1) is 0 Å². The zero-order valence-corrected chi connectivity index (χ0v) is 26.9. The smallest absolute Gasteiger partial charge is 0.208 e. The van der Waals surface area contributed by atoms with Gasteiger partial charge in [-0.1, -0.05) is 142 Å². The average Bonchev–Trinajstić information content (AvgIpc) is 2.92. The molecule has 0 aromatic heterocycles. The third kappa shape index (κ3) is 8.43. The average molecular weight is 551 g/mol. The molecule has 0 aliphatic heterocycles. The third-order valence-corrected chi connectivity index (χ3v) is 10.4. The Hall–Kier alpha value is -2.13. The Labute approximate surface area is 240 Å². The molecule has 0 spiro atoms. The van der Waals surface area contributed by atoms with E-state index in [-0.39, 0.29) is 10.8 Å². The molecule has 0 bridgehead atoms. The Morgan fingerprint density at radius 3 is 1.33 bits per heavy atom. The van der Waals surface area contributed by atoms with Gasteiger partial charge in [-0.05, 0) is 71.6 Å². The van der Waals surface area contributed by atoms with Crippen molar-refractivity contribution in [3.8, 4) is 0 Å². The Morgan fingerprint density at radius 2 is 1.00 bits per heavy atom. The van der Waals surface area contributed by atoms with Gasteiger partial charge < -0.3 is 0 Å². The van der Waals surface area contributed by atoms with E-state index in [9.17, 15) is 0 Å².